The zero-order chi connectivity index (χ0) is 14.0. The summed E-state index contributed by atoms with van der Waals surface area (Å²) in [5, 5.41) is 0. The van der Waals surface area contributed by atoms with E-state index in [-0.39, 0.29) is 13.1 Å². The largest absolute Gasteiger partial charge is 0.393 e. The van der Waals surface area contributed by atoms with Gasteiger partial charge in [-0.25, -0.2) is 0 Å². The molecule has 0 aliphatic carbocycles. The van der Waals surface area contributed by atoms with Crippen LogP contribution < -0.4 is 5.73 Å². The van der Waals surface area contributed by atoms with Crippen LogP contribution in [0.1, 0.15) is 5.56 Å². The van der Waals surface area contributed by atoms with E-state index >= 15 is 0 Å². The highest BCUT2D eigenvalue weighted by Crippen LogP contribution is 2.37. The zero-order valence-corrected chi connectivity index (χ0v) is 10.2. The molecule has 0 aromatic heterocycles. The van der Waals surface area contributed by atoms with Crippen molar-refractivity contribution in [2.24, 2.45) is 17.6 Å². The minimum absolute atomic E-state index is 0.0639. The third kappa shape index (κ3) is 3.26. The first kappa shape index (κ1) is 13.9. The normalized spacial score (nSPS) is 24.6. The second-order valence-electron chi connectivity index (χ2n) is 4.84. The molecule has 1 saturated heterocycles. The Morgan fingerprint density at radius 3 is 2.37 bits per heavy atom. The molecule has 1 fully saturated rings. The summed E-state index contributed by atoms with van der Waals surface area (Å²) in [5.74, 6) is -3.68. The van der Waals surface area contributed by atoms with Gasteiger partial charge in [0.1, 0.15) is 0 Å². The third-order valence-electron chi connectivity index (χ3n) is 3.43. The van der Waals surface area contributed by atoms with Crippen molar-refractivity contribution in [3.63, 3.8) is 0 Å². The third-order valence-corrected chi connectivity index (χ3v) is 3.43. The van der Waals surface area contributed by atoms with E-state index in [1.54, 1.807) is 4.90 Å². The second-order valence-corrected chi connectivity index (χ2v) is 4.84. The number of primary amides is 1. The van der Waals surface area contributed by atoms with Crippen molar-refractivity contribution in [3.8, 4) is 0 Å². The predicted molar refractivity (Wildman–Crippen MR) is 63.9 cm³/mol. The van der Waals surface area contributed by atoms with Crippen LogP contribution in [-0.4, -0.2) is 30.1 Å². The van der Waals surface area contributed by atoms with Gasteiger partial charge in [0.2, 0.25) is 5.91 Å². The number of benzene rings is 1. The van der Waals surface area contributed by atoms with Gasteiger partial charge >= 0.3 is 6.18 Å². The lowest BCUT2D eigenvalue weighted by atomic mass is 9.95. The molecule has 19 heavy (non-hydrogen) atoms. The number of likely N-dealkylation sites (tertiary alicyclic amines) is 1. The maximum Gasteiger partial charge on any atom is 0.393 e. The monoisotopic (exact) mass is 272 g/mol. The molecule has 2 rings (SSSR count). The Labute approximate surface area is 109 Å². The van der Waals surface area contributed by atoms with Gasteiger partial charge in [0.15, 0.2) is 0 Å². The lowest BCUT2D eigenvalue weighted by Crippen LogP contribution is -2.37. The zero-order valence-electron chi connectivity index (χ0n) is 10.2. The standard InChI is InChI=1S/C13H15F3N2O/c14-13(15,16)11-8-18(7-10(11)12(17)19)6-9-4-2-1-3-5-9/h1-5,10-11H,6-8H2,(H2,17,19). The SMILES string of the molecule is NC(=O)C1CN(Cc2ccccc2)CC1C(F)(F)F. The van der Waals surface area contributed by atoms with Crippen LogP contribution >= 0.6 is 0 Å². The molecule has 2 atom stereocenters. The molecule has 0 spiro atoms. The summed E-state index contributed by atoms with van der Waals surface area (Å²) in [6.07, 6.45) is -4.38. The maximum atomic E-state index is 12.8. The molecule has 104 valence electrons. The minimum atomic E-state index is -4.38. The highest BCUT2D eigenvalue weighted by molar-refractivity contribution is 5.77. The molecule has 1 aliphatic heterocycles. The molecule has 1 amide bonds. The highest BCUT2D eigenvalue weighted by atomic mass is 19.4. The number of alkyl halides is 3. The van der Waals surface area contributed by atoms with Gasteiger partial charge in [-0.3, -0.25) is 9.69 Å². The Morgan fingerprint density at radius 2 is 1.89 bits per heavy atom. The quantitative estimate of drug-likeness (QED) is 0.911. The van der Waals surface area contributed by atoms with Crippen LogP contribution in [0.5, 0.6) is 0 Å². The van der Waals surface area contributed by atoms with Crippen molar-refractivity contribution in [3.05, 3.63) is 35.9 Å². The molecule has 3 nitrogen and oxygen atoms in total. The van der Waals surface area contributed by atoms with Crippen LogP contribution in [0.15, 0.2) is 30.3 Å². The topological polar surface area (TPSA) is 46.3 Å². The molecule has 2 N–H and O–H groups in total. The summed E-state index contributed by atoms with van der Waals surface area (Å²) in [4.78, 5) is 12.8. The number of amides is 1. The fourth-order valence-electron chi connectivity index (χ4n) is 2.48. The van der Waals surface area contributed by atoms with Crippen LogP contribution in [0.25, 0.3) is 0 Å². The number of carbonyl (C=O) groups excluding carboxylic acids is 1. The summed E-state index contributed by atoms with van der Waals surface area (Å²) >= 11 is 0. The van der Waals surface area contributed by atoms with Gasteiger partial charge in [-0.05, 0) is 5.56 Å². The molecule has 1 aromatic carbocycles. The molecule has 1 aliphatic rings. The number of rotatable bonds is 3. The van der Waals surface area contributed by atoms with Gasteiger partial charge in [0.25, 0.3) is 0 Å². The number of hydrogen-bond donors (Lipinski definition) is 1. The van der Waals surface area contributed by atoms with E-state index < -0.39 is 23.9 Å². The lowest BCUT2D eigenvalue weighted by molar-refractivity contribution is -0.182. The summed E-state index contributed by atoms with van der Waals surface area (Å²) in [6, 6.07) is 9.20. The van der Waals surface area contributed by atoms with E-state index in [2.05, 4.69) is 0 Å². The molecule has 1 aromatic rings. The fraction of sp³-hybridized carbons (Fsp3) is 0.462. The Kier molecular flexibility index (Phi) is 3.80. The number of hydrogen-bond acceptors (Lipinski definition) is 2. The first-order chi connectivity index (χ1) is 8.88. The molecule has 6 heteroatoms. The van der Waals surface area contributed by atoms with E-state index in [9.17, 15) is 18.0 Å². The number of carbonyl (C=O) groups is 1. The van der Waals surface area contributed by atoms with Gasteiger partial charge in [0.05, 0.1) is 11.8 Å². The van der Waals surface area contributed by atoms with Gasteiger partial charge in [-0.15, -0.1) is 0 Å². The Hall–Kier alpha value is -1.56. The van der Waals surface area contributed by atoms with Crippen LogP contribution in [0.3, 0.4) is 0 Å². The van der Waals surface area contributed by atoms with Gasteiger partial charge in [-0.1, -0.05) is 30.3 Å². The Bertz CT molecular complexity index is 447. The summed E-state index contributed by atoms with van der Waals surface area (Å²) in [5.41, 5.74) is 6.00. The number of nitrogens with two attached hydrogens (primary N) is 1. The summed E-state index contributed by atoms with van der Waals surface area (Å²) < 4.78 is 38.5. The van der Waals surface area contributed by atoms with Crippen LogP contribution in [-0.2, 0) is 11.3 Å². The summed E-state index contributed by atoms with van der Waals surface area (Å²) in [7, 11) is 0. The Morgan fingerprint density at radius 1 is 1.26 bits per heavy atom. The molecule has 0 radical (unpaired) electrons. The van der Waals surface area contributed by atoms with Crippen molar-refractivity contribution in [1.82, 2.24) is 4.90 Å². The molecule has 0 saturated carbocycles. The van der Waals surface area contributed by atoms with Crippen LogP contribution in [0.4, 0.5) is 13.2 Å². The lowest BCUT2D eigenvalue weighted by Gasteiger charge is -2.18. The molecular formula is C13H15F3N2O. The van der Waals surface area contributed by atoms with Crippen molar-refractivity contribution in [2.45, 2.75) is 12.7 Å². The highest BCUT2D eigenvalue weighted by Gasteiger charge is 2.51. The first-order valence-corrected chi connectivity index (χ1v) is 6.00. The van der Waals surface area contributed by atoms with E-state index in [4.69, 9.17) is 5.73 Å². The summed E-state index contributed by atoms with van der Waals surface area (Å²) in [6.45, 7) is 0.289. The van der Waals surface area contributed by atoms with E-state index in [1.165, 1.54) is 0 Å². The van der Waals surface area contributed by atoms with Crippen molar-refractivity contribution in [2.75, 3.05) is 13.1 Å². The average Bonchev–Trinajstić information content (AvgIpc) is 2.74. The van der Waals surface area contributed by atoms with Crippen molar-refractivity contribution < 1.29 is 18.0 Å². The number of nitrogens with zero attached hydrogens (tertiary/aromatic N) is 1. The second kappa shape index (κ2) is 5.21. The van der Waals surface area contributed by atoms with E-state index in [0.717, 1.165) is 5.56 Å². The predicted octanol–water partition coefficient (Wildman–Crippen LogP) is 1.78. The first-order valence-electron chi connectivity index (χ1n) is 6.00. The van der Waals surface area contributed by atoms with Gasteiger partial charge in [0, 0.05) is 19.6 Å². The Balaban J connectivity index is 2.08. The molecule has 0 bridgehead atoms. The minimum Gasteiger partial charge on any atom is -0.369 e. The number of halogens is 3. The fourth-order valence-corrected chi connectivity index (χ4v) is 2.48. The van der Waals surface area contributed by atoms with E-state index in [1.807, 2.05) is 30.3 Å². The van der Waals surface area contributed by atoms with Gasteiger partial charge < -0.3 is 5.73 Å². The van der Waals surface area contributed by atoms with Crippen LogP contribution in [0.2, 0.25) is 0 Å². The molecular weight excluding hydrogens is 257 g/mol. The van der Waals surface area contributed by atoms with E-state index in [0.29, 0.717) is 6.54 Å². The van der Waals surface area contributed by atoms with Crippen molar-refractivity contribution in [1.29, 1.82) is 0 Å². The molecule has 2 unspecified atom stereocenters. The average molecular weight is 272 g/mol. The smallest absolute Gasteiger partial charge is 0.369 e. The van der Waals surface area contributed by atoms with Crippen molar-refractivity contribution >= 4 is 5.91 Å². The van der Waals surface area contributed by atoms with Gasteiger partial charge in [-0.2, -0.15) is 13.2 Å². The maximum absolute atomic E-state index is 12.8. The molecule has 1 heterocycles. The van der Waals surface area contributed by atoms with Crippen LogP contribution in [0, 0.1) is 11.8 Å².